The van der Waals surface area contributed by atoms with Crippen LogP contribution >= 0.6 is 0 Å². The second-order valence-corrected chi connectivity index (χ2v) is 9.50. The van der Waals surface area contributed by atoms with Gasteiger partial charge in [-0.15, -0.1) is 0 Å². The number of ether oxygens (including phenoxy) is 1. The van der Waals surface area contributed by atoms with Crippen LogP contribution < -0.4 is 15.6 Å². The molecule has 1 unspecified atom stereocenters. The second kappa shape index (κ2) is 10.5. The van der Waals surface area contributed by atoms with Crippen LogP contribution in [0.1, 0.15) is 42.1 Å². The van der Waals surface area contributed by atoms with E-state index in [9.17, 15) is 19.5 Å². The van der Waals surface area contributed by atoms with Gasteiger partial charge in [-0.3, -0.25) is 14.4 Å². The van der Waals surface area contributed by atoms with E-state index in [0.717, 1.165) is 16.5 Å². The Bertz CT molecular complexity index is 1780. The lowest BCUT2D eigenvalue weighted by molar-refractivity contribution is -0.132. The maximum absolute atomic E-state index is 14.0. The molecular weight excluding hydrogens is 494 g/mol. The van der Waals surface area contributed by atoms with Crippen LogP contribution in [0.4, 0.5) is 0 Å². The molecular formula is C31H29N3O5. The summed E-state index contributed by atoms with van der Waals surface area (Å²) in [5.41, 5.74) is 3.32. The van der Waals surface area contributed by atoms with E-state index in [2.05, 4.69) is 10.3 Å². The number of rotatable bonds is 7. The van der Waals surface area contributed by atoms with Gasteiger partial charge in [0.05, 0.1) is 17.0 Å². The Morgan fingerprint density at radius 3 is 2.38 bits per heavy atom. The predicted octanol–water partition coefficient (Wildman–Crippen LogP) is 4.51. The van der Waals surface area contributed by atoms with E-state index in [-0.39, 0.29) is 28.5 Å². The fourth-order valence-corrected chi connectivity index (χ4v) is 5.29. The number of esters is 1. The van der Waals surface area contributed by atoms with Gasteiger partial charge in [0.25, 0.3) is 5.56 Å². The summed E-state index contributed by atoms with van der Waals surface area (Å²) in [7, 11) is 1.67. The van der Waals surface area contributed by atoms with Gasteiger partial charge >= 0.3 is 5.97 Å². The molecule has 0 aliphatic rings. The zero-order chi connectivity index (χ0) is 27.7. The molecule has 0 bridgehead atoms. The van der Waals surface area contributed by atoms with E-state index in [1.807, 2.05) is 30.3 Å². The number of nitrogens with one attached hydrogen (secondary N) is 2. The molecule has 0 radical (unpaired) electrons. The van der Waals surface area contributed by atoms with Crippen LogP contribution in [0.5, 0.6) is 11.5 Å². The molecule has 3 N–H and O–H groups in total. The van der Waals surface area contributed by atoms with Crippen molar-refractivity contribution in [2.45, 2.75) is 26.2 Å². The Kier molecular flexibility index (Phi) is 6.94. The maximum Gasteiger partial charge on any atom is 0.308 e. The van der Waals surface area contributed by atoms with Crippen molar-refractivity contribution in [2.75, 3.05) is 6.54 Å². The minimum Gasteiger partial charge on any atom is -0.507 e. The number of fused-ring (bicyclic) bond motifs is 2. The van der Waals surface area contributed by atoms with E-state index in [1.54, 1.807) is 49.5 Å². The predicted molar refractivity (Wildman–Crippen MR) is 150 cm³/mol. The summed E-state index contributed by atoms with van der Waals surface area (Å²) < 4.78 is 7.11. The average Bonchev–Trinajstić information content (AvgIpc) is 3.28. The molecule has 0 saturated heterocycles. The van der Waals surface area contributed by atoms with Gasteiger partial charge in [0.1, 0.15) is 11.5 Å². The molecule has 5 rings (SSSR count). The van der Waals surface area contributed by atoms with Gasteiger partial charge in [0.15, 0.2) is 0 Å². The van der Waals surface area contributed by atoms with Gasteiger partial charge in [-0.25, -0.2) is 0 Å². The SMILES string of the molecule is CC(=O)NCCc1c(C(c2ccccc2OC(C)=O)c2c(O)c3ccccc3n(C)c2=O)[nH]c2ccccc12. The van der Waals surface area contributed by atoms with Crippen LogP contribution in [0.25, 0.3) is 21.8 Å². The van der Waals surface area contributed by atoms with Crippen LogP contribution in [0, 0.1) is 0 Å². The van der Waals surface area contributed by atoms with E-state index in [4.69, 9.17) is 4.74 Å². The second-order valence-electron chi connectivity index (χ2n) is 9.50. The Balaban J connectivity index is 1.86. The number of amides is 1. The van der Waals surface area contributed by atoms with Crippen molar-refractivity contribution in [1.29, 1.82) is 0 Å². The van der Waals surface area contributed by atoms with Crippen molar-refractivity contribution in [2.24, 2.45) is 7.05 Å². The summed E-state index contributed by atoms with van der Waals surface area (Å²) in [4.78, 5) is 41.2. The van der Waals surface area contributed by atoms with Crippen molar-refractivity contribution in [3.63, 3.8) is 0 Å². The van der Waals surface area contributed by atoms with Crippen molar-refractivity contribution in [3.05, 3.63) is 106 Å². The fraction of sp³-hybridized carbons (Fsp3) is 0.194. The number of aromatic amines is 1. The summed E-state index contributed by atoms with van der Waals surface area (Å²) >= 11 is 0. The van der Waals surface area contributed by atoms with Gasteiger partial charge < -0.3 is 24.7 Å². The molecule has 1 atom stereocenters. The molecule has 2 aromatic heterocycles. The average molecular weight is 524 g/mol. The molecule has 8 nitrogen and oxygen atoms in total. The quantitative estimate of drug-likeness (QED) is 0.215. The summed E-state index contributed by atoms with van der Waals surface area (Å²) in [5, 5.41) is 16.0. The highest BCUT2D eigenvalue weighted by atomic mass is 16.5. The molecule has 1 amide bonds. The van der Waals surface area contributed by atoms with Crippen LogP contribution in [0.15, 0.2) is 77.6 Å². The maximum atomic E-state index is 14.0. The number of carbonyl (C=O) groups is 2. The fourth-order valence-electron chi connectivity index (χ4n) is 5.29. The van der Waals surface area contributed by atoms with Crippen LogP contribution in [-0.4, -0.2) is 33.1 Å². The van der Waals surface area contributed by atoms with Gasteiger partial charge in [0.2, 0.25) is 5.91 Å². The minimum atomic E-state index is -0.816. The zero-order valence-corrected chi connectivity index (χ0v) is 21.9. The van der Waals surface area contributed by atoms with Gasteiger partial charge in [-0.05, 0) is 36.2 Å². The highest BCUT2D eigenvalue weighted by molar-refractivity contribution is 5.89. The standard InChI is InChI=1S/C31H29N3O5/c1-18(35)32-17-16-21-20-10-4-7-13-24(20)33-29(21)27(23-12-6-9-15-26(23)39-19(2)36)28-30(37)22-11-5-8-14-25(22)34(3)31(28)38/h4-15,27,33,37H,16-17H2,1-3H3,(H,32,35). The summed E-state index contributed by atoms with van der Waals surface area (Å²) in [5.74, 6) is -1.31. The Hall–Kier alpha value is -4.85. The van der Waals surface area contributed by atoms with Gasteiger partial charge in [-0.2, -0.15) is 0 Å². The Morgan fingerprint density at radius 1 is 0.974 bits per heavy atom. The molecule has 0 aliphatic heterocycles. The first-order valence-corrected chi connectivity index (χ1v) is 12.7. The third-order valence-corrected chi connectivity index (χ3v) is 6.97. The largest absolute Gasteiger partial charge is 0.507 e. The molecule has 3 aromatic carbocycles. The molecule has 0 saturated carbocycles. The molecule has 39 heavy (non-hydrogen) atoms. The Labute approximate surface area is 224 Å². The number of hydrogen-bond acceptors (Lipinski definition) is 5. The van der Waals surface area contributed by atoms with E-state index in [1.165, 1.54) is 18.4 Å². The summed E-state index contributed by atoms with van der Waals surface area (Å²) in [6.45, 7) is 3.16. The molecule has 0 fully saturated rings. The highest BCUT2D eigenvalue weighted by Gasteiger charge is 2.32. The third kappa shape index (κ3) is 4.77. The first-order valence-electron chi connectivity index (χ1n) is 12.7. The number of nitrogens with zero attached hydrogens (tertiary/aromatic N) is 1. The monoisotopic (exact) mass is 523 g/mol. The zero-order valence-electron chi connectivity index (χ0n) is 21.9. The van der Waals surface area contributed by atoms with Crippen molar-refractivity contribution in [3.8, 4) is 11.5 Å². The minimum absolute atomic E-state index is 0.136. The number of carbonyl (C=O) groups excluding carboxylic acids is 2. The number of pyridine rings is 1. The van der Waals surface area contributed by atoms with Crippen LogP contribution in [0.2, 0.25) is 0 Å². The van der Waals surface area contributed by atoms with Crippen molar-refractivity contribution >= 4 is 33.7 Å². The van der Waals surface area contributed by atoms with Crippen LogP contribution in [-0.2, 0) is 23.1 Å². The first kappa shape index (κ1) is 25.8. The van der Waals surface area contributed by atoms with Gasteiger partial charge in [-0.1, -0.05) is 48.5 Å². The third-order valence-electron chi connectivity index (χ3n) is 6.97. The van der Waals surface area contributed by atoms with Crippen molar-refractivity contribution < 1.29 is 19.4 Å². The normalized spacial score (nSPS) is 12.0. The Morgan fingerprint density at radius 2 is 1.64 bits per heavy atom. The number of benzene rings is 3. The smallest absolute Gasteiger partial charge is 0.308 e. The number of H-pyrrole nitrogens is 1. The van der Waals surface area contributed by atoms with Crippen LogP contribution in [0.3, 0.4) is 0 Å². The van der Waals surface area contributed by atoms with E-state index < -0.39 is 11.9 Å². The molecule has 5 aromatic rings. The molecule has 2 heterocycles. The van der Waals surface area contributed by atoms with Crippen molar-refractivity contribution in [1.82, 2.24) is 14.9 Å². The lowest BCUT2D eigenvalue weighted by Crippen LogP contribution is -2.26. The molecule has 0 spiro atoms. The lowest BCUT2D eigenvalue weighted by atomic mass is 9.84. The number of hydrogen-bond donors (Lipinski definition) is 3. The van der Waals surface area contributed by atoms with Gasteiger partial charge in [0, 0.05) is 55.0 Å². The number of aromatic hydroxyl groups is 1. The highest BCUT2D eigenvalue weighted by Crippen LogP contribution is 2.43. The molecule has 8 heteroatoms. The summed E-state index contributed by atoms with van der Waals surface area (Å²) in [6, 6.07) is 21.9. The first-order chi connectivity index (χ1) is 18.8. The topological polar surface area (TPSA) is 113 Å². The molecule has 198 valence electrons. The number of aryl methyl sites for hydroxylation is 1. The summed E-state index contributed by atoms with van der Waals surface area (Å²) in [6.07, 6.45) is 0.472. The van der Waals surface area contributed by atoms with E-state index in [0.29, 0.717) is 35.1 Å². The number of para-hydroxylation sites is 3. The number of aromatic nitrogens is 2. The molecule has 0 aliphatic carbocycles. The van der Waals surface area contributed by atoms with E-state index >= 15 is 0 Å². The lowest BCUT2D eigenvalue weighted by Gasteiger charge is -2.23.